The van der Waals surface area contributed by atoms with Crippen LogP contribution in [0.4, 0.5) is 0 Å². The summed E-state index contributed by atoms with van der Waals surface area (Å²) in [6.07, 6.45) is 0. The Hall–Kier alpha value is -0.823. The SMILES string of the molecule is CC1=C([SiH](C)C)C(C)c2ccccc21. The first kappa shape index (κ1) is 9.72. The van der Waals surface area contributed by atoms with Gasteiger partial charge in [-0.1, -0.05) is 49.5 Å². The first-order chi connectivity index (χ1) is 6.63. The first-order valence-electron chi connectivity index (χ1n) is 5.43. The van der Waals surface area contributed by atoms with Crippen LogP contribution in [0, 0.1) is 0 Å². The standard InChI is InChI=1S/C13H18Si/c1-9-11-7-5-6-8-12(11)10(2)13(9)14(3)4/h5-9,14H,1-4H3. The summed E-state index contributed by atoms with van der Waals surface area (Å²) in [5, 5.41) is 1.76. The van der Waals surface area contributed by atoms with Crippen molar-refractivity contribution in [3.05, 3.63) is 40.6 Å². The molecule has 74 valence electrons. The molecule has 2 rings (SSSR count). The van der Waals surface area contributed by atoms with Crippen LogP contribution in [0.15, 0.2) is 29.5 Å². The van der Waals surface area contributed by atoms with Crippen molar-refractivity contribution in [3.8, 4) is 0 Å². The van der Waals surface area contributed by atoms with Crippen LogP contribution in [-0.2, 0) is 0 Å². The highest BCUT2D eigenvalue weighted by atomic mass is 28.3. The van der Waals surface area contributed by atoms with Gasteiger partial charge in [0.15, 0.2) is 0 Å². The second-order valence-electron chi connectivity index (χ2n) is 4.54. The van der Waals surface area contributed by atoms with Gasteiger partial charge in [-0.2, -0.15) is 0 Å². The maximum Gasteiger partial charge on any atom is 0.0607 e. The third kappa shape index (κ3) is 1.27. The molecule has 0 spiro atoms. The maximum absolute atomic E-state index is 2.43. The predicted octanol–water partition coefficient (Wildman–Crippen LogP) is 3.60. The van der Waals surface area contributed by atoms with Crippen molar-refractivity contribution in [1.82, 2.24) is 0 Å². The Morgan fingerprint density at radius 2 is 1.79 bits per heavy atom. The summed E-state index contributed by atoms with van der Waals surface area (Å²) in [6.45, 7) is 9.52. The van der Waals surface area contributed by atoms with Gasteiger partial charge in [0.25, 0.3) is 0 Å². The molecule has 14 heavy (non-hydrogen) atoms. The highest BCUT2D eigenvalue weighted by molar-refractivity contribution is 6.66. The molecule has 0 N–H and O–H groups in total. The summed E-state index contributed by atoms with van der Waals surface area (Å²) >= 11 is 0. The minimum Gasteiger partial charge on any atom is -0.0741 e. The van der Waals surface area contributed by atoms with E-state index in [0.717, 1.165) is 0 Å². The molecule has 1 aromatic rings. The molecule has 0 aliphatic heterocycles. The van der Waals surface area contributed by atoms with Crippen molar-refractivity contribution in [2.45, 2.75) is 32.9 Å². The molecule has 0 aromatic heterocycles. The molecule has 1 aliphatic carbocycles. The van der Waals surface area contributed by atoms with E-state index < -0.39 is 8.80 Å². The van der Waals surface area contributed by atoms with Crippen molar-refractivity contribution in [2.24, 2.45) is 0 Å². The zero-order valence-corrected chi connectivity index (χ0v) is 10.6. The van der Waals surface area contributed by atoms with Gasteiger partial charge in [-0.3, -0.25) is 0 Å². The van der Waals surface area contributed by atoms with Gasteiger partial charge in [0.2, 0.25) is 0 Å². The van der Waals surface area contributed by atoms with E-state index >= 15 is 0 Å². The average molecular weight is 202 g/mol. The molecule has 1 unspecified atom stereocenters. The normalized spacial score (nSPS) is 20.5. The van der Waals surface area contributed by atoms with Crippen molar-refractivity contribution >= 4 is 14.4 Å². The molecule has 1 heteroatoms. The monoisotopic (exact) mass is 202 g/mol. The Morgan fingerprint density at radius 3 is 2.36 bits per heavy atom. The minimum atomic E-state index is -0.646. The fourth-order valence-corrected chi connectivity index (χ4v) is 5.00. The topological polar surface area (TPSA) is 0 Å². The van der Waals surface area contributed by atoms with Crippen LogP contribution in [0.1, 0.15) is 30.9 Å². The molecule has 0 nitrogen and oxygen atoms in total. The Bertz CT molecular complexity index is 388. The van der Waals surface area contributed by atoms with E-state index in [4.69, 9.17) is 0 Å². The molecule has 0 bridgehead atoms. The largest absolute Gasteiger partial charge is 0.0741 e. The van der Waals surface area contributed by atoms with E-state index in [9.17, 15) is 0 Å². The molecule has 1 atom stereocenters. The number of benzene rings is 1. The molecular formula is C13H18Si. The van der Waals surface area contributed by atoms with Gasteiger partial charge in [-0.25, -0.2) is 0 Å². The first-order valence-corrected chi connectivity index (χ1v) is 8.31. The van der Waals surface area contributed by atoms with E-state index in [1.807, 2.05) is 0 Å². The fraction of sp³-hybridized carbons (Fsp3) is 0.385. The summed E-state index contributed by atoms with van der Waals surface area (Å²) in [7, 11) is -0.646. The number of rotatable bonds is 1. The Balaban J connectivity index is 2.57. The third-order valence-electron chi connectivity index (χ3n) is 3.35. The molecule has 1 aliphatic rings. The quantitative estimate of drug-likeness (QED) is 0.610. The Morgan fingerprint density at radius 1 is 1.14 bits per heavy atom. The summed E-state index contributed by atoms with van der Waals surface area (Å²) in [5.74, 6) is 0.679. The molecule has 0 radical (unpaired) electrons. The van der Waals surface area contributed by atoms with Crippen LogP contribution in [-0.4, -0.2) is 8.80 Å². The molecule has 0 saturated carbocycles. The summed E-state index contributed by atoms with van der Waals surface area (Å²) in [5.41, 5.74) is 4.60. The van der Waals surface area contributed by atoms with Gasteiger partial charge in [0, 0.05) is 0 Å². The lowest BCUT2D eigenvalue weighted by molar-refractivity contribution is 0.964. The van der Waals surface area contributed by atoms with E-state index in [1.54, 1.807) is 16.3 Å². The molecular weight excluding hydrogens is 184 g/mol. The second-order valence-corrected chi connectivity index (χ2v) is 7.48. The number of hydrogen-bond acceptors (Lipinski definition) is 0. The van der Waals surface area contributed by atoms with Crippen LogP contribution >= 0.6 is 0 Å². The lowest BCUT2D eigenvalue weighted by Crippen LogP contribution is -2.09. The zero-order valence-electron chi connectivity index (χ0n) is 9.46. The number of hydrogen-bond donors (Lipinski definition) is 0. The van der Waals surface area contributed by atoms with E-state index in [1.165, 1.54) is 5.56 Å². The second kappa shape index (κ2) is 3.39. The van der Waals surface area contributed by atoms with Gasteiger partial charge in [-0.05, 0) is 29.5 Å². The molecule has 0 amide bonds. The van der Waals surface area contributed by atoms with Crippen molar-refractivity contribution < 1.29 is 0 Å². The van der Waals surface area contributed by atoms with E-state index in [2.05, 4.69) is 51.2 Å². The Labute approximate surface area is 88.3 Å². The smallest absolute Gasteiger partial charge is 0.0607 e. The lowest BCUT2D eigenvalue weighted by atomic mass is 10.0. The predicted molar refractivity (Wildman–Crippen MR) is 66.3 cm³/mol. The summed E-state index contributed by atoms with van der Waals surface area (Å²) in [6, 6.07) is 8.87. The van der Waals surface area contributed by atoms with Crippen molar-refractivity contribution in [1.29, 1.82) is 0 Å². The number of fused-ring (bicyclic) bond motifs is 1. The minimum absolute atomic E-state index is 0.646. The van der Waals surface area contributed by atoms with Crippen molar-refractivity contribution in [3.63, 3.8) is 0 Å². The lowest BCUT2D eigenvalue weighted by Gasteiger charge is -2.13. The molecule has 0 fully saturated rings. The van der Waals surface area contributed by atoms with E-state index in [-0.39, 0.29) is 0 Å². The molecule has 0 saturated heterocycles. The average Bonchev–Trinajstić information content (AvgIpc) is 2.41. The van der Waals surface area contributed by atoms with Crippen LogP contribution in [0.2, 0.25) is 13.1 Å². The summed E-state index contributed by atoms with van der Waals surface area (Å²) < 4.78 is 0. The van der Waals surface area contributed by atoms with Crippen LogP contribution in [0.5, 0.6) is 0 Å². The number of allylic oxidation sites excluding steroid dienone is 2. The van der Waals surface area contributed by atoms with Gasteiger partial charge in [0.1, 0.15) is 0 Å². The highest BCUT2D eigenvalue weighted by Crippen LogP contribution is 2.42. The zero-order chi connectivity index (χ0) is 10.3. The van der Waals surface area contributed by atoms with Gasteiger partial charge >= 0.3 is 0 Å². The molecule has 1 aromatic carbocycles. The van der Waals surface area contributed by atoms with Crippen LogP contribution < -0.4 is 0 Å². The third-order valence-corrected chi connectivity index (χ3v) is 5.53. The van der Waals surface area contributed by atoms with Crippen molar-refractivity contribution in [2.75, 3.05) is 0 Å². The highest BCUT2D eigenvalue weighted by Gasteiger charge is 2.26. The molecule has 0 heterocycles. The van der Waals surface area contributed by atoms with Gasteiger partial charge < -0.3 is 0 Å². The van der Waals surface area contributed by atoms with Gasteiger partial charge in [0.05, 0.1) is 8.80 Å². The van der Waals surface area contributed by atoms with Gasteiger partial charge in [-0.15, -0.1) is 0 Å². The Kier molecular flexibility index (Phi) is 2.36. The maximum atomic E-state index is 2.43. The summed E-state index contributed by atoms with van der Waals surface area (Å²) in [4.78, 5) is 0. The van der Waals surface area contributed by atoms with Crippen LogP contribution in [0.25, 0.3) is 5.57 Å². The van der Waals surface area contributed by atoms with E-state index in [0.29, 0.717) is 5.92 Å². The fourth-order valence-electron chi connectivity index (χ4n) is 2.80. The van der Waals surface area contributed by atoms with Crippen LogP contribution in [0.3, 0.4) is 0 Å².